The average Bonchev–Trinajstić information content (AvgIpc) is 2.98. The highest BCUT2D eigenvalue weighted by molar-refractivity contribution is 5.85. The SMILES string of the molecule is Cc1c(CN)cccc1-c1cnn(C2CCCCC2)c1.Cl. The third-order valence-electron chi connectivity index (χ3n) is 4.53. The van der Waals surface area contributed by atoms with E-state index in [0.717, 1.165) is 0 Å². The van der Waals surface area contributed by atoms with Gasteiger partial charge in [-0.3, -0.25) is 4.68 Å². The fourth-order valence-electron chi connectivity index (χ4n) is 3.24. The second-order valence-corrected chi connectivity index (χ2v) is 5.79. The van der Waals surface area contributed by atoms with Crippen molar-refractivity contribution in [3.8, 4) is 11.1 Å². The van der Waals surface area contributed by atoms with E-state index in [1.54, 1.807) is 0 Å². The van der Waals surface area contributed by atoms with E-state index < -0.39 is 0 Å². The highest BCUT2D eigenvalue weighted by Gasteiger charge is 2.16. The lowest BCUT2D eigenvalue weighted by molar-refractivity contribution is 0.329. The minimum Gasteiger partial charge on any atom is -0.326 e. The third-order valence-corrected chi connectivity index (χ3v) is 4.53. The first-order valence-corrected chi connectivity index (χ1v) is 7.62. The Morgan fingerprint density at radius 2 is 2.00 bits per heavy atom. The molecule has 21 heavy (non-hydrogen) atoms. The molecule has 1 fully saturated rings. The van der Waals surface area contributed by atoms with Crippen LogP contribution >= 0.6 is 12.4 Å². The van der Waals surface area contributed by atoms with E-state index in [0.29, 0.717) is 12.6 Å². The van der Waals surface area contributed by atoms with Crippen LogP contribution in [0.25, 0.3) is 11.1 Å². The lowest BCUT2D eigenvalue weighted by Gasteiger charge is -2.21. The molecule has 0 amide bonds. The van der Waals surface area contributed by atoms with Crippen molar-refractivity contribution in [1.82, 2.24) is 9.78 Å². The lowest BCUT2D eigenvalue weighted by Crippen LogP contribution is -2.12. The summed E-state index contributed by atoms with van der Waals surface area (Å²) in [6.45, 7) is 2.74. The van der Waals surface area contributed by atoms with E-state index in [1.165, 1.54) is 54.4 Å². The monoisotopic (exact) mass is 305 g/mol. The summed E-state index contributed by atoms with van der Waals surface area (Å²) in [4.78, 5) is 0. The number of nitrogens with zero attached hydrogens (tertiary/aromatic N) is 2. The van der Waals surface area contributed by atoms with Crippen molar-refractivity contribution >= 4 is 12.4 Å². The zero-order valence-corrected chi connectivity index (χ0v) is 13.4. The standard InChI is InChI=1S/C17H23N3.ClH/c1-13-14(10-18)6-5-9-17(13)15-11-19-20(12-15)16-7-3-2-4-8-16;/h5-6,9,11-12,16H,2-4,7-8,10,18H2,1H3;1H. The van der Waals surface area contributed by atoms with Crippen LogP contribution in [0.2, 0.25) is 0 Å². The molecule has 1 aliphatic rings. The maximum absolute atomic E-state index is 5.80. The summed E-state index contributed by atoms with van der Waals surface area (Å²) in [5.41, 5.74) is 10.8. The first kappa shape index (κ1) is 16.1. The Kier molecular flexibility index (Phi) is 5.43. The highest BCUT2D eigenvalue weighted by atomic mass is 35.5. The largest absolute Gasteiger partial charge is 0.326 e. The second-order valence-electron chi connectivity index (χ2n) is 5.79. The molecule has 0 spiro atoms. The summed E-state index contributed by atoms with van der Waals surface area (Å²) >= 11 is 0. The van der Waals surface area contributed by atoms with Gasteiger partial charge in [-0.15, -0.1) is 12.4 Å². The summed E-state index contributed by atoms with van der Waals surface area (Å²) in [5, 5.41) is 4.60. The van der Waals surface area contributed by atoms with Gasteiger partial charge in [-0.25, -0.2) is 0 Å². The van der Waals surface area contributed by atoms with Crippen LogP contribution in [0.5, 0.6) is 0 Å². The molecule has 0 bridgehead atoms. The van der Waals surface area contributed by atoms with Crippen molar-refractivity contribution in [2.75, 3.05) is 0 Å². The average molecular weight is 306 g/mol. The van der Waals surface area contributed by atoms with E-state index in [2.05, 4.69) is 41.1 Å². The molecule has 1 aromatic carbocycles. The van der Waals surface area contributed by atoms with Crippen LogP contribution in [-0.4, -0.2) is 9.78 Å². The predicted molar refractivity (Wildman–Crippen MR) is 89.7 cm³/mol. The number of halogens is 1. The summed E-state index contributed by atoms with van der Waals surface area (Å²) in [6, 6.07) is 6.94. The van der Waals surface area contributed by atoms with E-state index >= 15 is 0 Å². The van der Waals surface area contributed by atoms with Gasteiger partial charge in [0.2, 0.25) is 0 Å². The van der Waals surface area contributed by atoms with Gasteiger partial charge >= 0.3 is 0 Å². The Bertz CT molecular complexity index is 585. The molecule has 0 unspecified atom stereocenters. The molecule has 1 aromatic heterocycles. The molecule has 0 radical (unpaired) electrons. The van der Waals surface area contributed by atoms with E-state index in [9.17, 15) is 0 Å². The summed E-state index contributed by atoms with van der Waals surface area (Å²) in [5.74, 6) is 0. The molecule has 1 saturated carbocycles. The number of aromatic nitrogens is 2. The Morgan fingerprint density at radius 1 is 1.24 bits per heavy atom. The van der Waals surface area contributed by atoms with Gasteiger partial charge in [0.1, 0.15) is 0 Å². The fourth-order valence-corrected chi connectivity index (χ4v) is 3.24. The molecule has 2 aromatic rings. The molecule has 3 rings (SSSR count). The molecule has 2 N–H and O–H groups in total. The Morgan fingerprint density at radius 3 is 2.71 bits per heavy atom. The van der Waals surface area contributed by atoms with Crippen molar-refractivity contribution in [1.29, 1.82) is 0 Å². The number of benzene rings is 1. The predicted octanol–water partition coefficient (Wildman–Crippen LogP) is 4.24. The molecular formula is C17H24ClN3. The fraction of sp³-hybridized carbons (Fsp3) is 0.471. The first-order chi connectivity index (χ1) is 9.79. The van der Waals surface area contributed by atoms with Gasteiger partial charge in [0.05, 0.1) is 12.2 Å². The van der Waals surface area contributed by atoms with E-state index in [4.69, 9.17) is 5.73 Å². The zero-order chi connectivity index (χ0) is 13.9. The molecule has 0 atom stereocenters. The summed E-state index contributed by atoms with van der Waals surface area (Å²) < 4.78 is 2.17. The maximum atomic E-state index is 5.80. The summed E-state index contributed by atoms with van der Waals surface area (Å²) in [7, 11) is 0. The van der Waals surface area contributed by atoms with Crippen LogP contribution in [0.4, 0.5) is 0 Å². The zero-order valence-electron chi connectivity index (χ0n) is 12.6. The van der Waals surface area contributed by atoms with Crippen molar-refractivity contribution in [3.05, 3.63) is 41.7 Å². The normalized spacial score (nSPS) is 15.7. The van der Waals surface area contributed by atoms with Gasteiger partial charge < -0.3 is 5.73 Å². The number of hydrogen-bond acceptors (Lipinski definition) is 2. The van der Waals surface area contributed by atoms with Crippen molar-refractivity contribution in [3.63, 3.8) is 0 Å². The third kappa shape index (κ3) is 3.30. The Labute approximate surface area is 133 Å². The maximum Gasteiger partial charge on any atom is 0.0568 e. The van der Waals surface area contributed by atoms with Gasteiger partial charge in [0.15, 0.2) is 0 Å². The number of hydrogen-bond donors (Lipinski definition) is 1. The Hall–Kier alpha value is -1.32. The molecule has 0 saturated heterocycles. The molecule has 114 valence electrons. The van der Waals surface area contributed by atoms with Crippen LogP contribution in [-0.2, 0) is 6.54 Å². The van der Waals surface area contributed by atoms with E-state index in [1.807, 2.05) is 6.20 Å². The molecule has 1 aliphatic carbocycles. The molecule has 4 heteroatoms. The van der Waals surface area contributed by atoms with Crippen molar-refractivity contribution in [2.24, 2.45) is 5.73 Å². The van der Waals surface area contributed by atoms with Gasteiger partial charge in [0, 0.05) is 18.3 Å². The van der Waals surface area contributed by atoms with Gasteiger partial charge in [-0.05, 0) is 36.5 Å². The topological polar surface area (TPSA) is 43.8 Å². The lowest BCUT2D eigenvalue weighted by atomic mass is 9.95. The smallest absolute Gasteiger partial charge is 0.0568 e. The molecule has 3 nitrogen and oxygen atoms in total. The van der Waals surface area contributed by atoms with Gasteiger partial charge in [-0.1, -0.05) is 37.5 Å². The quantitative estimate of drug-likeness (QED) is 0.921. The minimum atomic E-state index is 0. The van der Waals surface area contributed by atoms with Crippen molar-refractivity contribution < 1.29 is 0 Å². The second kappa shape index (κ2) is 7.10. The number of nitrogens with two attached hydrogens (primary N) is 1. The van der Waals surface area contributed by atoms with Crippen LogP contribution in [0.1, 0.15) is 49.3 Å². The Balaban J connectivity index is 0.00000161. The first-order valence-electron chi connectivity index (χ1n) is 7.62. The van der Waals surface area contributed by atoms with Gasteiger partial charge in [-0.2, -0.15) is 5.10 Å². The van der Waals surface area contributed by atoms with Crippen LogP contribution in [0, 0.1) is 6.92 Å². The van der Waals surface area contributed by atoms with Crippen molar-refractivity contribution in [2.45, 2.75) is 51.6 Å². The van der Waals surface area contributed by atoms with Crippen LogP contribution < -0.4 is 5.73 Å². The molecular weight excluding hydrogens is 282 g/mol. The molecule has 0 aliphatic heterocycles. The van der Waals surface area contributed by atoms with Crippen LogP contribution in [0.3, 0.4) is 0 Å². The molecule has 1 heterocycles. The summed E-state index contributed by atoms with van der Waals surface area (Å²) in [6.07, 6.45) is 10.8. The van der Waals surface area contributed by atoms with Gasteiger partial charge in [0.25, 0.3) is 0 Å². The highest BCUT2D eigenvalue weighted by Crippen LogP contribution is 2.30. The number of rotatable bonds is 3. The van der Waals surface area contributed by atoms with E-state index in [-0.39, 0.29) is 12.4 Å². The van der Waals surface area contributed by atoms with Crippen LogP contribution in [0.15, 0.2) is 30.6 Å². The minimum absolute atomic E-state index is 0.